The van der Waals surface area contributed by atoms with E-state index in [9.17, 15) is 22.0 Å². The molecule has 1 amide bonds. The van der Waals surface area contributed by atoms with Crippen molar-refractivity contribution >= 4 is 39.1 Å². The standard InChI is InChI=1S/C18H14Cl2F2N4O3S/c1-9-3-4-10(2)14(7-9)30(28,29)24-18(27)15-16(17(21)22)26(25-23-15)13-6-5-11(19)8-12(13)20/h3-8,17H,1-2H3,(H,24,27). The number of alkyl halides is 2. The molecule has 158 valence electrons. The Morgan fingerprint density at radius 2 is 1.83 bits per heavy atom. The van der Waals surface area contributed by atoms with Gasteiger partial charge in [-0.3, -0.25) is 4.79 Å². The van der Waals surface area contributed by atoms with Gasteiger partial charge in [-0.2, -0.15) is 0 Å². The van der Waals surface area contributed by atoms with Gasteiger partial charge in [-0.15, -0.1) is 5.10 Å². The van der Waals surface area contributed by atoms with Gasteiger partial charge in [0, 0.05) is 5.02 Å². The van der Waals surface area contributed by atoms with Crippen LogP contribution in [0.4, 0.5) is 8.78 Å². The average Bonchev–Trinajstić information content (AvgIpc) is 3.08. The quantitative estimate of drug-likeness (QED) is 0.596. The summed E-state index contributed by atoms with van der Waals surface area (Å²) in [4.78, 5) is 12.4. The number of sulfonamides is 1. The van der Waals surface area contributed by atoms with Crippen molar-refractivity contribution in [1.82, 2.24) is 19.7 Å². The molecule has 0 unspecified atom stereocenters. The van der Waals surface area contributed by atoms with Gasteiger partial charge in [-0.25, -0.2) is 26.6 Å². The van der Waals surface area contributed by atoms with Gasteiger partial charge in [-0.1, -0.05) is 40.5 Å². The first-order valence-electron chi connectivity index (χ1n) is 8.35. The molecule has 0 bridgehead atoms. The van der Waals surface area contributed by atoms with E-state index < -0.39 is 33.7 Å². The Kier molecular flexibility index (Phi) is 6.11. The third kappa shape index (κ3) is 4.30. The van der Waals surface area contributed by atoms with Gasteiger partial charge < -0.3 is 0 Å². The maximum absolute atomic E-state index is 13.8. The van der Waals surface area contributed by atoms with Crippen molar-refractivity contribution < 1.29 is 22.0 Å². The molecule has 0 saturated carbocycles. The van der Waals surface area contributed by atoms with Gasteiger partial charge in [0.2, 0.25) is 0 Å². The van der Waals surface area contributed by atoms with E-state index in [4.69, 9.17) is 23.2 Å². The first-order chi connectivity index (χ1) is 14.0. The Balaban J connectivity index is 2.03. The minimum absolute atomic E-state index is 0.000280. The topological polar surface area (TPSA) is 93.9 Å². The predicted octanol–water partition coefficient (Wildman–Crippen LogP) is 4.25. The van der Waals surface area contributed by atoms with Crippen LogP contribution >= 0.6 is 23.2 Å². The lowest BCUT2D eigenvalue weighted by molar-refractivity contribution is 0.0959. The third-order valence-electron chi connectivity index (χ3n) is 4.12. The number of carbonyl (C=O) groups excluding carboxylic acids is 1. The molecule has 7 nitrogen and oxygen atoms in total. The van der Waals surface area contributed by atoms with Crippen molar-refractivity contribution in [2.75, 3.05) is 0 Å². The predicted molar refractivity (Wildman–Crippen MR) is 107 cm³/mol. The molecular weight excluding hydrogens is 461 g/mol. The van der Waals surface area contributed by atoms with Crippen LogP contribution in [0.25, 0.3) is 5.69 Å². The summed E-state index contributed by atoms with van der Waals surface area (Å²) in [6.45, 7) is 3.22. The van der Waals surface area contributed by atoms with E-state index in [2.05, 4.69) is 10.3 Å². The van der Waals surface area contributed by atoms with Crippen molar-refractivity contribution in [3.8, 4) is 5.69 Å². The molecule has 3 aromatic rings. The van der Waals surface area contributed by atoms with E-state index >= 15 is 0 Å². The highest BCUT2D eigenvalue weighted by molar-refractivity contribution is 7.90. The second-order valence-corrected chi connectivity index (χ2v) is 8.83. The van der Waals surface area contributed by atoms with Crippen LogP contribution in [0.1, 0.15) is 33.7 Å². The van der Waals surface area contributed by atoms with E-state index in [1.54, 1.807) is 30.7 Å². The number of aryl methyl sites for hydroxylation is 2. The first-order valence-corrected chi connectivity index (χ1v) is 10.6. The lowest BCUT2D eigenvalue weighted by Gasteiger charge is -2.11. The molecule has 0 aliphatic rings. The summed E-state index contributed by atoms with van der Waals surface area (Å²) in [5.41, 5.74) is -0.727. The summed E-state index contributed by atoms with van der Waals surface area (Å²) in [5.74, 6) is -1.34. The Morgan fingerprint density at radius 1 is 1.13 bits per heavy atom. The molecule has 0 saturated heterocycles. The minimum Gasteiger partial charge on any atom is -0.266 e. The molecule has 12 heteroatoms. The summed E-state index contributed by atoms with van der Waals surface area (Å²) in [6, 6.07) is 8.65. The van der Waals surface area contributed by atoms with Crippen molar-refractivity contribution in [3.63, 3.8) is 0 Å². The van der Waals surface area contributed by atoms with Crippen LogP contribution in [-0.4, -0.2) is 29.3 Å². The van der Waals surface area contributed by atoms with Crippen molar-refractivity contribution in [3.05, 3.63) is 69.0 Å². The molecule has 0 radical (unpaired) electrons. The van der Waals surface area contributed by atoms with Gasteiger partial charge in [0.05, 0.1) is 15.6 Å². The average molecular weight is 475 g/mol. The summed E-state index contributed by atoms with van der Waals surface area (Å²) in [6.07, 6.45) is -3.20. The summed E-state index contributed by atoms with van der Waals surface area (Å²) in [5, 5.41) is 7.27. The number of aromatic nitrogens is 3. The van der Waals surface area contributed by atoms with E-state index in [0.29, 0.717) is 15.8 Å². The van der Waals surface area contributed by atoms with Crippen molar-refractivity contribution in [2.45, 2.75) is 25.2 Å². The SMILES string of the molecule is Cc1ccc(C)c(S(=O)(=O)NC(=O)c2nnn(-c3ccc(Cl)cc3Cl)c2C(F)F)c1. The van der Waals surface area contributed by atoms with Crippen molar-refractivity contribution in [2.24, 2.45) is 0 Å². The van der Waals surface area contributed by atoms with Gasteiger partial charge in [-0.05, 0) is 49.2 Å². The number of nitrogens with zero attached hydrogens (tertiary/aromatic N) is 3. The van der Waals surface area contributed by atoms with E-state index in [0.717, 1.165) is 0 Å². The fourth-order valence-electron chi connectivity index (χ4n) is 2.70. The van der Waals surface area contributed by atoms with E-state index in [-0.39, 0.29) is 20.6 Å². The second-order valence-electron chi connectivity index (χ2n) is 6.34. The zero-order valence-electron chi connectivity index (χ0n) is 15.5. The van der Waals surface area contributed by atoms with Gasteiger partial charge in [0.1, 0.15) is 5.69 Å². The summed E-state index contributed by atoms with van der Waals surface area (Å²) >= 11 is 11.8. The Morgan fingerprint density at radius 3 is 2.47 bits per heavy atom. The number of carbonyl (C=O) groups is 1. The number of hydrogen-bond acceptors (Lipinski definition) is 5. The van der Waals surface area contributed by atoms with Crippen LogP contribution in [-0.2, 0) is 10.0 Å². The number of amides is 1. The Hall–Kier alpha value is -2.56. The number of hydrogen-bond donors (Lipinski definition) is 1. The van der Waals surface area contributed by atoms with Gasteiger partial charge in [0.25, 0.3) is 22.4 Å². The Labute approximate surface area is 180 Å². The lowest BCUT2D eigenvalue weighted by Crippen LogP contribution is -2.32. The maximum Gasteiger partial charge on any atom is 0.287 e. The van der Waals surface area contributed by atoms with Gasteiger partial charge in [0.15, 0.2) is 5.69 Å². The molecule has 0 spiro atoms. The van der Waals surface area contributed by atoms with Crippen LogP contribution < -0.4 is 4.72 Å². The zero-order chi connectivity index (χ0) is 22.2. The molecule has 30 heavy (non-hydrogen) atoms. The minimum atomic E-state index is -4.34. The van der Waals surface area contributed by atoms with Gasteiger partial charge >= 0.3 is 0 Å². The third-order valence-corrected chi connectivity index (χ3v) is 6.14. The van der Waals surface area contributed by atoms with Crippen LogP contribution in [0.5, 0.6) is 0 Å². The van der Waals surface area contributed by atoms with Crippen LogP contribution in [0.3, 0.4) is 0 Å². The monoisotopic (exact) mass is 474 g/mol. The molecule has 3 rings (SSSR count). The maximum atomic E-state index is 13.8. The number of halogens is 4. The van der Waals surface area contributed by atoms with Crippen molar-refractivity contribution in [1.29, 1.82) is 0 Å². The normalized spacial score (nSPS) is 11.7. The summed E-state index contributed by atoms with van der Waals surface area (Å²) < 4.78 is 55.2. The Bertz CT molecular complexity index is 1250. The molecule has 1 heterocycles. The van der Waals surface area contributed by atoms with Crippen LogP contribution in [0.15, 0.2) is 41.3 Å². The molecule has 0 aliphatic carbocycles. The molecular formula is C18H14Cl2F2N4O3S. The largest absolute Gasteiger partial charge is 0.287 e. The smallest absolute Gasteiger partial charge is 0.266 e. The fourth-order valence-corrected chi connectivity index (χ4v) is 4.47. The lowest BCUT2D eigenvalue weighted by atomic mass is 10.2. The fraction of sp³-hybridized carbons (Fsp3) is 0.167. The first kappa shape index (κ1) is 22.1. The van der Waals surface area contributed by atoms with E-state index in [1.165, 1.54) is 24.3 Å². The molecule has 0 atom stereocenters. The molecule has 0 fully saturated rings. The second kappa shape index (κ2) is 8.29. The van der Waals surface area contributed by atoms with Crippen LogP contribution in [0.2, 0.25) is 10.0 Å². The molecule has 2 aromatic carbocycles. The number of benzene rings is 2. The number of rotatable bonds is 5. The summed E-state index contributed by atoms with van der Waals surface area (Å²) in [7, 11) is -4.34. The molecule has 1 N–H and O–H groups in total. The highest BCUT2D eigenvalue weighted by atomic mass is 35.5. The molecule has 1 aromatic heterocycles. The molecule has 0 aliphatic heterocycles. The number of nitrogens with one attached hydrogen (secondary N) is 1. The van der Waals surface area contributed by atoms with E-state index in [1.807, 2.05) is 0 Å². The highest BCUT2D eigenvalue weighted by Crippen LogP contribution is 2.30. The van der Waals surface area contributed by atoms with Crippen LogP contribution in [0, 0.1) is 13.8 Å². The highest BCUT2D eigenvalue weighted by Gasteiger charge is 2.31. The zero-order valence-corrected chi connectivity index (χ0v) is 17.9.